The molecule has 0 saturated carbocycles. The number of aromatic nitrogens is 1. The Labute approximate surface area is 197 Å². The number of ether oxygens (including phenoxy) is 1. The van der Waals surface area contributed by atoms with Gasteiger partial charge < -0.3 is 19.9 Å². The summed E-state index contributed by atoms with van der Waals surface area (Å²) in [7, 11) is 0. The fourth-order valence-electron chi connectivity index (χ4n) is 3.62. The van der Waals surface area contributed by atoms with Gasteiger partial charge in [-0.1, -0.05) is 43.6 Å². The third kappa shape index (κ3) is 6.66. The van der Waals surface area contributed by atoms with Crippen LogP contribution in [-0.4, -0.2) is 54.0 Å². The number of pyridine rings is 1. The van der Waals surface area contributed by atoms with Crippen LogP contribution in [0.25, 0.3) is 10.9 Å². The van der Waals surface area contributed by atoms with Gasteiger partial charge in [-0.05, 0) is 49.0 Å². The van der Waals surface area contributed by atoms with Crippen molar-refractivity contribution in [1.29, 1.82) is 0 Å². The summed E-state index contributed by atoms with van der Waals surface area (Å²) in [6.07, 6.45) is 0.119. The predicted octanol–water partition coefficient (Wildman–Crippen LogP) is 3.41. The van der Waals surface area contributed by atoms with Gasteiger partial charge in [0.1, 0.15) is 12.6 Å². The number of halogens is 1. The molecule has 2 aromatic carbocycles. The average molecular weight is 470 g/mol. The average Bonchev–Trinajstić information content (AvgIpc) is 2.81. The summed E-state index contributed by atoms with van der Waals surface area (Å²) >= 11 is 5.91. The molecule has 1 atom stereocenters. The van der Waals surface area contributed by atoms with Crippen LogP contribution < -0.4 is 10.9 Å². The van der Waals surface area contributed by atoms with Gasteiger partial charge in [0.2, 0.25) is 5.56 Å². The zero-order valence-electron chi connectivity index (χ0n) is 18.8. The molecule has 7 nitrogen and oxygen atoms in total. The number of hydrogen-bond donors (Lipinski definition) is 2. The number of carbonyl (C=O) groups is 2. The molecular weight excluding hydrogens is 442 g/mol. The largest absolute Gasteiger partial charge is 0.463 e. The number of carbonyl (C=O) groups excluding carboxylic acids is 2. The number of aromatic amines is 1. The maximum Gasteiger partial charge on any atom is 0.329 e. The molecule has 1 amide bonds. The van der Waals surface area contributed by atoms with Gasteiger partial charge in [0.05, 0.1) is 0 Å². The fourth-order valence-corrected chi connectivity index (χ4v) is 3.74. The second-order valence-electron chi connectivity index (χ2n) is 7.64. The van der Waals surface area contributed by atoms with Crippen LogP contribution >= 0.6 is 11.6 Å². The van der Waals surface area contributed by atoms with Crippen LogP contribution in [-0.2, 0) is 16.0 Å². The highest BCUT2D eigenvalue weighted by molar-refractivity contribution is 6.30. The van der Waals surface area contributed by atoms with E-state index in [0.717, 1.165) is 18.5 Å². The van der Waals surface area contributed by atoms with Crippen molar-refractivity contribution in [2.75, 3.05) is 26.2 Å². The van der Waals surface area contributed by atoms with Gasteiger partial charge in [-0.15, -0.1) is 0 Å². The van der Waals surface area contributed by atoms with Crippen LogP contribution in [0.4, 0.5) is 0 Å². The van der Waals surface area contributed by atoms with Gasteiger partial charge in [0.15, 0.2) is 0 Å². The lowest BCUT2D eigenvalue weighted by molar-refractivity contribution is -0.146. The minimum Gasteiger partial charge on any atom is -0.463 e. The molecule has 0 bridgehead atoms. The van der Waals surface area contributed by atoms with E-state index in [0.29, 0.717) is 28.2 Å². The second-order valence-corrected chi connectivity index (χ2v) is 8.07. The van der Waals surface area contributed by atoms with Crippen molar-refractivity contribution in [2.24, 2.45) is 0 Å². The highest BCUT2D eigenvalue weighted by Crippen LogP contribution is 2.17. The Morgan fingerprint density at radius 2 is 1.79 bits per heavy atom. The van der Waals surface area contributed by atoms with Gasteiger partial charge in [0.25, 0.3) is 5.91 Å². The Morgan fingerprint density at radius 3 is 2.48 bits per heavy atom. The number of fused-ring (bicyclic) bond motifs is 1. The first-order chi connectivity index (χ1) is 15.9. The predicted molar refractivity (Wildman–Crippen MR) is 130 cm³/mol. The fraction of sp³-hybridized carbons (Fsp3) is 0.320. The van der Waals surface area contributed by atoms with E-state index < -0.39 is 17.9 Å². The smallest absolute Gasteiger partial charge is 0.329 e. The number of rotatable bonds is 10. The van der Waals surface area contributed by atoms with E-state index in [9.17, 15) is 14.4 Å². The minimum atomic E-state index is -0.963. The molecule has 1 unspecified atom stereocenters. The number of hydrogen-bond acceptors (Lipinski definition) is 5. The summed E-state index contributed by atoms with van der Waals surface area (Å²) in [5.41, 5.74) is 1.41. The highest BCUT2D eigenvalue weighted by atomic mass is 35.5. The van der Waals surface area contributed by atoms with Crippen molar-refractivity contribution >= 4 is 34.4 Å². The Hall–Kier alpha value is -3.16. The number of likely N-dealkylation sites (N-methyl/N-ethyl adjacent to an activating group) is 1. The molecule has 0 spiro atoms. The lowest BCUT2D eigenvalue weighted by Gasteiger charge is -2.21. The lowest BCUT2D eigenvalue weighted by Crippen LogP contribution is -2.44. The Balaban J connectivity index is 1.83. The van der Waals surface area contributed by atoms with E-state index in [-0.39, 0.29) is 18.6 Å². The molecule has 2 N–H and O–H groups in total. The van der Waals surface area contributed by atoms with E-state index in [1.54, 1.807) is 30.3 Å². The summed E-state index contributed by atoms with van der Waals surface area (Å²) in [5, 5.41) is 4.08. The molecule has 8 heteroatoms. The van der Waals surface area contributed by atoms with E-state index >= 15 is 0 Å². The number of esters is 1. The molecule has 0 fully saturated rings. The molecule has 3 rings (SSSR count). The molecule has 0 aliphatic heterocycles. The molecule has 0 aliphatic carbocycles. The summed E-state index contributed by atoms with van der Waals surface area (Å²) in [6, 6.07) is 14.2. The maximum absolute atomic E-state index is 13.0. The topological polar surface area (TPSA) is 91.5 Å². The maximum atomic E-state index is 13.0. The van der Waals surface area contributed by atoms with Crippen LogP contribution in [0.1, 0.15) is 29.8 Å². The van der Waals surface area contributed by atoms with Gasteiger partial charge in [0, 0.05) is 40.5 Å². The van der Waals surface area contributed by atoms with Gasteiger partial charge in [-0.2, -0.15) is 0 Å². The summed E-state index contributed by atoms with van der Waals surface area (Å²) < 4.78 is 5.51. The monoisotopic (exact) mass is 469 g/mol. The first-order valence-corrected chi connectivity index (χ1v) is 11.4. The van der Waals surface area contributed by atoms with Gasteiger partial charge in [-0.3, -0.25) is 9.59 Å². The van der Waals surface area contributed by atoms with Crippen molar-refractivity contribution in [1.82, 2.24) is 15.2 Å². The van der Waals surface area contributed by atoms with Gasteiger partial charge in [-0.25, -0.2) is 4.79 Å². The first-order valence-electron chi connectivity index (χ1n) is 11.0. The van der Waals surface area contributed by atoms with E-state index in [4.69, 9.17) is 16.3 Å². The van der Waals surface area contributed by atoms with Crippen molar-refractivity contribution in [3.05, 3.63) is 81.1 Å². The van der Waals surface area contributed by atoms with Crippen molar-refractivity contribution in [3.63, 3.8) is 0 Å². The van der Waals surface area contributed by atoms with Crippen LogP contribution in [0.2, 0.25) is 5.02 Å². The molecule has 0 aliphatic rings. The normalized spacial score (nSPS) is 12.0. The standard InChI is InChI=1S/C25H28ClN3O4/c1-3-29(4-2)13-14-33-25(32)22(28-24(31)17-9-11-19(26)12-10-17)15-18-16-23(30)27-21-8-6-5-7-20(18)21/h5-12,16,22H,3-4,13-15H2,1-2H3,(H,27,30)(H,28,31). The van der Waals surface area contributed by atoms with Gasteiger partial charge >= 0.3 is 5.97 Å². The number of nitrogens with zero attached hydrogens (tertiary/aromatic N) is 1. The van der Waals surface area contributed by atoms with E-state index in [2.05, 4.69) is 15.2 Å². The molecule has 174 valence electrons. The second kappa shape index (κ2) is 11.6. The third-order valence-electron chi connectivity index (χ3n) is 5.50. The molecule has 1 aromatic heterocycles. The minimum absolute atomic E-state index is 0.119. The van der Waals surface area contributed by atoms with Crippen molar-refractivity contribution in [3.8, 4) is 0 Å². The van der Waals surface area contributed by atoms with Crippen LogP contribution in [0, 0.1) is 0 Å². The summed E-state index contributed by atoms with van der Waals surface area (Å²) in [5.74, 6) is -0.972. The molecule has 3 aromatic rings. The van der Waals surface area contributed by atoms with Crippen LogP contribution in [0.5, 0.6) is 0 Å². The Bertz CT molecular complexity index is 1160. The lowest BCUT2D eigenvalue weighted by atomic mass is 10.0. The number of nitrogens with one attached hydrogen (secondary N) is 2. The summed E-state index contributed by atoms with van der Waals surface area (Å²) in [4.78, 5) is 42.9. The number of H-pyrrole nitrogens is 1. The van der Waals surface area contributed by atoms with Crippen LogP contribution in [0.15, 0.2) is 59.4 Å². The molecule has 0 saturated heterocycles. The Morgan fingerprint density at radius 1 is 1.09 bits per heavy atom. The third-order valence-corrected chi connectivity index (χ3v) is 5.75. The van der Waals surface area contributed by atoms with E-state index in [1.807, 2.05) is 32.0 Å². The number of amides is 1. The highest BCUT2D eigenvalue weighted by Gasteiger charge is 2.25. The SMILES string of the molecule is CCN(CC)CCOC(=O)C(Cc1cc(=O)[nH]c2ccccc12)NC(=O)c1ccc(Cl)cc1. The number of benzene rings is 2. The van der Waals surface area contributed by atoms with Crippen LogP contribution in [0.3, 0.4) is 0 Å². The zero-order chi connectivity index (χ0) is 23.8. The molecule has 33 heavy (non-hydrogen) atoms. The first kappa shape index (κ1) is 24.5. The summed E-state index contributed by atoms with van der Waals surface area (Å²) in [6.45, 7) is 6.60. The molecular formula is C25H28ClN3O4. The van der Waals surface area contributed by atoms with Crippen molar-refractivity contribution < 1.29 is 14.3 Å². The van der Waals surface area contributed by atoms with E-state index in [1.165, 1.54) is 6.07 Å². The molecule has 0 radical (unpaired) electrons. The molecule has 1 heterocycles. The van der Waals surface area contributed by atoms with Crippen molar-refractivity contribution in [2.45, 2.75) is 26.3 Å². The quantitative estimate of drug-likeness (QED) is 0.444. The Kier molecular flexibility index (Phi) is 8.63. The number of para-hydroxylation sites is 1. The zero-order valence-corrected chi connectivity index (χ0v) is 19.5.